The molecule has 2 rings (SSSR count). The van der Waals surface area contributed by atoms with Gasteiger partial charge in [0.05, 0.1) is 17.6 Å². The van der Waals surface area contributed by atoms with Gasteiger partial charge in [-0.1, -0.05) is 58.3 Å². The summed E-state index contributed by atoms with van der Waals surface area (Å²) in [4.78, 5) is 7.75. The number of nitrogens with zero attached hydrogens (tertiary/aromatic N) is 3. The zero-order valence-corrected chi connectivity index (χ0v) is 14.7. The molecule has 1 aromatic rings. The zero-order chi connectivity index (χ0) is 17.2. The second kappa shape index (κ2) is 9.97. The van der Waals surface area contributed by atoms with Crippen LogP contribution in [0.1, 0.15) is 76.2 Å². The van der Waals surface area contributed by atoms with E-state index in [2.05, 4.69) is 27.4 Å². The predicted octanol–water partition coefficient (Wildman–Crippen LogP) is 2.79. The van der Waals surface area contributed by atoms with Crippen LogP contribution in [0.25, 0.3) is 5.70 Å². The van der Waals surface area contributed by atoms with E-state index in [9.17, 15) is 0 Å². The molecule has 1 aliphatic heterocycles. The summed E-state index contributed by atoms with van der Waals surface area (Å²) < 4.78 is 0. The van der Waals surface area contributed by atoms with Crippen molar-refractivity contribution in [2.45, 2.75) is 71.1 Å². The number of nitrogens with two attached hydrogens (primary N) is 2. The fraction of sp³-hybridized carbons (Fsp3) is 0.647. The molecule has 7 heteroatoms. The lowest BCUT2D eigenvalue weighted by molar-refractivity contribution is 0.244. The molecule has 0 amide bonds. The molecule has 1 aliphatic rings. The first kappa shape index (κ1) is 18.3. The highest BCUT2D eigenvalue weighted by atomic mass is 15.8. The Kier molecular flexibility index (Phi) is 7.61. The minimum Gasteiger partial charge on any atom is -0.382 e. The van der Waals surface area contributed by atoms with E-state index in [0.717, 1.165) is 28.9 Å². The molecule has 7 nitrogen and oxygen atoms in total. The quantitative estimate of drug-likeness (QED) is 0.368. The number of rotatable bonds is 11. The van der Waals surface area contributed by atoms with E-state index in [0.29, 0.717) is 5.84 Å². The number of imidazole rings is 1. The minimum absolute atomic E-state index is 0.362. The minimum atomic E-state index is 0.362. The topological polar surface area (TPSA) is 108 Å². The molecule has 0 spiro atoms. The standard InChI is InChI=1S/C17H31N7/c1-2-3-4-5-6-7-8-9-10-11-17-20-13-15(21-17)14-12-16(18)23-24(19)22-14/h12-13,22H,2-11,19H2,1H3,(H2,18,23)(H,20,21). The number of aromatic nitrogens is 2. The molecule has 0 atom stereocenters. The van der Waals surface area contributed by atoms with E-state index in [1.807, 2.05) is 0 Å². The lowest BCUT2D eigenvalue weighted by atomic mass is 10.1. The number of nitrogens with one attached hydrogen (secondary N) is 2. The van der Waals surface area contributed by atoms with Gasteiger partial charge in [-0.25, -0.2) is 10.8 Å². The van der Waals surface area contributed by atoms with E-state index in [-0.39, 0.29) is 0 Å². The van der Waals surface area contributed by atoms with E-state index in [1.165, 1.54) is 57.8 Å². The summed E-state index contributed by atoms with van der Waals surface area (Å²) in [6.07, 6.45) is 16.5. The van der Waals surface area contributed by atoms with Crippen molar-refractivity contribution < 1.29 is 0 Å². The van der Waals surface area contributed by atoms with Crippen molar-refractivity contribution in [1.82, 2.24) is 20.6 Å². The lowest BCUT2D eigenvalue weighted by Gasteiger charge is -2.20. The molecule has 0 aromatic carbocycles. The second-order valence-corrected chi connectivity index (χ2v) is 6.36. The largest absolute Gasteiger partial charge is 0.382 e. The van der Waals surface area contributed by atoms with Crippen molar-refractivity contribution in [3.05, 3.63) is 23.8 Å². The van der Waals surface area contributed by atoms with Gasteiger partial charge >= 0.3 is 0 Å². The molecule has 24 heavy (non-hydrogen) atoms. The number of unbranched alkanes of at least 4 members (excludes halogenated alkanes) is 8. The smallest absolute Gasteiger partial charge is 0.149 e. The molecule has 0 fully saturated rings. The maximum atomic E-state index is 5.70. The van der Waals surface area contributed by atoms with Crippen molar-refractivity contribution >= 4 is 11.5 Å². The normalized spacial score (nSPS) is 14.3. The van der Waals surface area contributed by atoms with Crippen molar-refractivity contribution in [3.8, 4) is 0 Å². The van der Waals surface area contributed by atoms with Gasteiger partial charge in [-0.3, -0.25) is 5.43 Å². The number of aryl methyl sites for hydroxylation is 1. The molecule has 0 saturated heterocycles. The highest BCUT2D eigenvalue weighted by Gasteiger charge is 2.12. The monoisotopic (exact) mass is 333 g/mol. The van der Waals surface area contributed by atoms with Crippen LogP contribution in [-0.2, 0) is 6.42 Å². The first-order valence-electron chi connectivity index (χ1n) is 9.10. The van der Waals surface area contributed by atoms with Crippen molar-refractivity contribution in [2.24, 2.45) is 16.7 Å². The average molecular weight is 333 g/mol. The van der Waals surface area contributed by atoms with Crippen LogP contribution in [0.15, 0.2) is 17.4 Å². The summed E-state index contributed by atoms with van der Waals surface area (Å²) in [5.74, 6) is 6.97. The average Bonchev–Trinajstić information content (AvgIpc) is 3.01. The Bertz CT molecular complexity index is 547. The SMILES string of the molecule is CCCCCCCCCCCc1ncc(C2=CC(N)=NN(N)N2)[nH]1. The molecule has 0 radical (unpaired) electrons. The molecule has 134 valence electrons. The summed E-state index contributed by atoms with van der Waals surface area (Å²) >= 11 is 0. The van der Waals surface area contributed by atoms with Crippen LogP contribution < -0.4 is 17.0 Å². The van der Waals surface area contributed by atoms with Gasteiger partial charge < -0.3 is 10.7 Å². The summed E-state index contributed by atoms with van der Waals surface area (Å²) in [7, 11) is 0. The Morgan fingerprint density at radius 2 is 1.71 bits per heavy atom. The molecule has 2 heterocycles. The molecule has 0 saturated carbocycles. The summed E-state index contributed by atoms with van der Waals surface area (Å²) in [5, 5.41) is 4.95. The van der Waals surface area contributed by atoms with Gasteiger partial charge in [-0.2, -0.15) is 0 Å². The maximum absolute atomic E-state index is 5.70. The highest BCUT2D eigenvalue weighted by molar-refractivity contribution is 5.98. The Labute approximate surface area is 144 Å². The van der Waals surface area contributed by atoms with E-state index in [1.54, 1.807) is 12.3 Å². The van der Waals surface area contributed by atoms with Crippen molar-refractivity contribution in [3.63, 3.8) is 0 Å². The number of amidine groups is 1. The number of hydrazine groups is 2. The summed E-state index contributed by atoms with van der Waals surface area (Å²) in [6.45, 7) is 2.26. The van der Waals surface area contributed by atoms with Gasteiger partial charge in [0.15, 0.2) is 0 Å². The van der Waals surface area contributed by atoms with Gasteiger partial charge in [0.1, 0.15) is 11.7 Å². The lowest BCUT2D eigenvalue weighted by Crippen LogP contribution is -2.42. The van der Waals surface area contributed by atoms with Crippen LogP contribution in [0, 0.1) is 0 Å². The Hall–Kier alpha value is -2.02. The number of hydrogen-bond acceptors (Lipinski definition) is 6. The number of aromatic amines is 1. The first-order valence-corrected chi connectivity index (χ1v) is 9.10. The molecule has 0 unspecified atom stereocenters. The third-order valence-electron chi connectivity index (χ3n) is 4.19. The maximum Gasteiger partial charge on any atom is 0.149 e. The fourth-order valence-electron chi connectivity index (χ4n) is 2.85. The molecule has 0 bridgehead atoms. The first-order chi connectivity index (χ1) is 11.7. The summed E-state index contributed by atoms with van der Waals surface area (Å²) in [6, 6.07) is 0. The number of H-pyrrole nitrogens is 1. The van der Waals surface area contributed by atoms with E-state index < -0.39 is 0 Å². The van der Waals surface area contributed by atoms with Gasteiger partial charge in [-0.15, -0.1) is 10.3 Å². The van der Waals surface area contributed by atoms with Crippen LogP contribution in [-0.4, -0.2) is 21.0 Å². The third kappa shape index (κ3) is 6.23. The van der Waals surface area contributed by atoms with Crippen LogP contribution in [0.3, 0.4) is 0 Å². The third-order valence-corrected chi connectivity index (χ3v) is 4.19. The fourth-order valence-corrected chi connectivity index (χ4v) is 2.85. The molecule has 0 aliphatic carbocycles. The van der Waals surface area contributed by atoms with Crippen molar-refractivity contribution in [2.75, 3.05) is 0 Å². The van der Waals surface area contributed by atoms with Gasteiger partial charge in [0.2, 0.25) is 0 Å². The van der Waals surface area contributed by atoms with Crippen LogP contribution in [0.5, 0.6) is 0 Å². The van der Waals surface area contributed by atoms with Crippen LogP contribution in [0.2, 0.25) is 0 Å². The Morgan fingerprint density at radius 3 is 2.38 bits per heavy atom. The second-order valence-electron chi connectivity index (χ2n) is 6.36. The molecular weight excluding hydrogens is 302 g/mol. The Balaban J connectivity index is 1.63. The van der Waals surface area contributed by atoms with Gasteiger partial charge in [-0.05, 0) is 6.42 Å². The number of hydrogen-bond donors (Lipinski definition) is 4. The Morgan fingerprint density at radius 1 is 1.04 bits per heavy atom. The predicted molar refractivity (Wildman–Crippen MR) is 98.3 cm³/mol. The van der Waals surface area contributed by atoms with Gasteiger partial charge in [0, 0.05) is 12.5 Å². The molecular formula is C17H31N7. The molecule has 1 aromatic heterocycles. The van der Waals surface area contributed by atoms with Crippen LogP contribution >= 0.6 is 0 Å². The number of hydrazone groups is 1. The molecule has 6 N–H and O–H groups in total. The van der Waals surface area contributed by atoms with Crippen molar-refractivity contribution in [1.29, 1.82) is 0 Å². The summed E-state index contributed by atoms with van der Waals surface area (Å²) in [5.41, 5.74) is 10.3. The van der Waals surface area contributed by atoms with E-state index >= 15 is 0 Å². The van der Waals surface area contributed by atoms with Gasteiger partial charge in [0.25, 0.3) is 0 Å². The van der Waals surface area contributed by atoms with Crippen LogP contribution in [0.4, 0.5) is 0 Å². The van der Waals surface area contributed by atoms with E-state index in [4.69, 9.17) is 11.6 Å². The highest BCUT2D eigenvalue weighted by Crippen LogP contribution is 2.14. The zero-order valence-electron chi connectivity index (χ0n) is 14.7.